The minimum Gasteiger partial charge on any atom is -0.395 e. The van der Waals surface area contributed by atoms with Gasteiger partial charge < -0.3 is 15.5 Å². The molecule has 0 aliphatic carbocycles. The molecule has 0 unspecified atom stereocenters. The highest BCUT2D eigenvalue weighted by Crippen LogP contribution is 2.54. The second-order valence-corrected chi connectivity index (χ2v) is 8.87. The number of ether oxygens (including phenoxy) is 6. The minimum absolute atomic E-state index is 1.10. The van der Waals surface area contributed by atoms with Gasteiger partial charge >= 0.3 is 79.5 Å². The zero-order valence-electron chi connectivity index (χ0n) is 23.2. The molecule has 0 aromatic carbocycles. The molecule has 0 saturated carbocycles. The van der Waals surface area contributed by atoms with Gasteiger partial charge in [0.1, 0.15) is 0 Å². The monoisotopic (exact) mass is 869 g/mol. The molecule has 0 spiro atoms. The van der Waals surface area contributed by atoms with Crippen molar-refractivity contribution < 1.29 is 157 Å². The molecule has 3 N–H and O–H groups in total. The van der Waals surface area contributed by atoms with E-state index in [2.05, 4.69) is 4.74 Å². The molecule has 0 rings (SSSR count). The molecule has 320 valence electrons. The number of rotatable bonds is 22. The number of halogens is 27. The minimum atomic E-state index is -8.29. The molecule has 53 heavy (non-hydrogen) atoms. The van der Waals surface area contributed by atoms with Crippen LogP contribution in [0.4, 0.5) is 119 Å². The van der Waals surface area contributed by atoms with Crippen LogP contribution in [-0.2, 0) is 28.4 Å². The van der Waals surface area contributed by atoms with Crippen LogP contribution in [0.5, 0.6) is 0 Å². The third-order valence-corrected chi connectivity index (χ3v) is 4.62. The predicted molar refractivity (Wildman–Crippen MR) is 97.9 cm³/mol. The largest absolute Gasteiger partial charge is 0.483 e. The fourth-order valence-electron chi connectivity index (χ4n) is 2.13. The highest BCUT2D eigenvalue weighted by atomic mass is 19.4. The van der Waals surface area contributed by atoms with E-state index in [0.29, 0.717) is 0 Å². The van der Waals surface area contributed by atoms with Crippen LogP contribution in [-0.4, -0.2) is 115 Å². The Morgan fingerprint density at radius 3 is 0.698 bits per heavy atom. The van der Waals surface area contributed by atoms with Gasteiger partial charge in [0, 0.05) is 0 Å². The maximum atomic E-state index is 13.5. The molecule has 0 heterocycles. The molecule has 0 fully saturated rings. The van der Waals surface area contributed by atoms with E-state index in [4.69, 9.17) is 10.2 Å². The van der Waals surface area contributed by atoms with Gasteiger partial charge in [-0.15, -0.1) is 0 Å². The quantitative estimate of drug-likeness (QED) is 0.103. The van der Waals surface area contributed by atoms with Crippen molar-refractivity contribution in [3.63, 3.8) is 0 Å². The molecule has 0 aliphatic rings. The summed E-state index contributed by atoms with van der Waals surface area (Å²) in [6, 6.07) is -1.88. The van der Waals surface area contributed by atoms with Crippen LogP contribution in [0.3, 0.4) is 0 Å². The summed E-state index contributed by atoms with van der Waals surface area (Å²) in [6.07, 6.45) is -101. The van der Waals surface area contributed by atoms with Gasteiger partial charge in [0.15, 0.2) is 0 Å². The van der Waals surface area contributed by atoms with Crippen LogP contribution in [0.15, 0.2) is 0 Å². The van der Waals surface area contributed by atoms with Crippen molar-refractivity contribution in [2.45, 2.75) is 85.5 Å². The van der Waals surface area contributed by atoms with Crippen LogP contribution in [0.1, 0.15) is 0 Å². The molecule has 0 atom stereocenters. The summed E-state index contributed by atoms with van der Waals surface area (Å²) in [6.45, 7) is -5.11. The zero-order valence-corrected chi connectivity index (χ0v) is 23.2. The molecule has 0 aromatic rings. The fraction of sp³-hybridized carbons (Fsp3) is 1.00. The molecule has 0 saturated heterocycles. The van der Waals surface area contributed by atoms with Crippen LogP contribution in [0.2, 0.25) is 0 Å². The lowest BCUT2D eigenvalue weighted by molar-refractivity contribution is -0.595. The third-order valence-electron chi connectivity index (χ3n) is 4.62. The average molecular weight is 869 g/mol. The summed E-state index contributed by atoms with van der Waals surface area (Å²) in [5, 5.41) is 18.4. The highest BCUT2D eigenvalue weighted by Gasteiger charge is 2.80. The van der Waals surface area contributed by atoms with Crippen LogP contribution in [0, 0.1) is 0 Å². The summed E-state index contributed by atoms with van der Waals surface area (Å²) < 4.78 is 363. The zero-order chi connectivity index (χ0) is 43.1. The summed E-state index contributed by atoms with van der Waals surface area (Å²) in [7, 11) is 0. The van der Waals surface area contributed by atoms with Gasteiger partial charge in [0.2, 0.25) is 0 Å². The lowest BCUT2D eigenvalue weighted by Crippen LogP contribution is -2.62. The third kappa shape index (κ3) is 11.9. The first kappa shape index (κ1) is 50.8. The van der Waals surface area contributed by atoms with Crippen molar-refractivity contribution in [1.29, 1.82) is 0 Å². The van der Waals surface area contributed by atoms with Gasteiger partial charge in [-0.1, -0.05) is 0 Å². The summed E-state index contributed by atoms with van der Waals surface area (Å²) in [5.74, 6) is 0. The maximum absolute atomic E-state index is 13.5. The Balaban J connectivity index is 6.23. The summed E-state index contributed by atoms with van der Waals surface area (Å²) >= 11 is 0. The van der Waals surface area contributed by atoms with E-state index < -0.39 is 105 Å². The Labute approximate surface area is 269 Å². The van der Waals surface area contributed by atoms with E-state index in [1.807, 2.05) is 0 Å². The van der Waals surface area contributed by atoms with Crippen molar-refractivity contribution in [2.24, 2.45) is 0 Å². The Bertz CT molecular complexity index is 1200. The second kappa shape index (κ2) is 15.0. The molecule has 0 aromatic heterocycles. The molecule has 9 nitrogen and oxygen atoms in total. The van der Waals surface area contributed by atoms with Crippen LogP contribution in [0.25, 0.3) is 0 Å². The maximum Gasteiger partial charge on any atom is 0.483 e. The average Bonchev–Trinajstić information content (AvgIpc) is 2.84. The Hall–Kier alpha value is -2.25. The van der Waals surface area contributed by atoms with Gasteiger partial charge in [0.25, 0.3) is 0 Å². The molecule has 36 heteroatoms. The second-order valence-electron chi connectivity index (χ2n) is 8.87. The summed E-state index contributed by atoms with van der Waals surface area (Å²) in [4.78, 5) is 0. The Kier molecular flexibility index (Phi) is 14.4. The van der Waals surface area contributed by atoms with E-state index in [0.717, 1.165) is 14.2 Å². The molecule has 0 radical (unpaired) electrons. The number of aliphatic hydroxyl groups is 2. The molecular weight excluding hydrogens is 859 g/mol. The lowest BCUT2D eigenvalue weighted by atomic mass is 10.3. The number of alkyl halides is 27. The molecule has 0 aliphatic heterocycles. The van der Waals surface area contributed by atoms with E-state index in [9.17, 15) is 119 Å². The van der Waals surface area contributed by atoms with Crippen molar-refractivity contribution >= 4 is 0 Å². The van der Waals surface area contributed by atoms with Gasteiger partial charge in [-0.2, -0.15) is 119 Å². The van der Waals surface area contributed by atoms with Crippen LogP contribution >= 0.6 is 0 Å². The Morgan fingerprint density at radius 2 is 0.509 bits per heavy atom. The van der Waals surface area contributed by atoms with Crippen molar-refractivity contribution in [3.05, 3.63) is 0 Å². The standard InChI is InChI=1S/C17H10F27NO8/c18-5(19,3-45-4(1-46)2-47)48-8(25,26)9(27,28)50-12(33,34)13(35,36)52-16(41,42)17(43,44)53-15(39,40)14(37,38)51-11(31,32)10(29,30)49-7(23,24)6(20,21)22/h4,45-47H,1-3H2. The van der Waals surface area contributed by atoms with E-state index in [1.165, 1.54) is 14.8 Å². The first-order valence-corrected chi connectivity index (χ1v) is 11.5. The van der Waals surface area contributed by atoms with Gasteiger partial charge in [0.05, 0.1) is 25.8 Å². The van der Waals surface area contributed by atoms with E-state index >= 15 is 0 Å². The predicted octanol–water partition coefficient (Wildman–Crippen LogP) is 6.70. The molecular formula is C17H10F27NO8. The number of aliphatic hydroxyl groups excluding tert-OH is 2. The van der Waals surface area contributed by atoms with E-state index in [1.54, 1.807) is 0 Å². The summed E-state index contributed by atoms with van der Waals surface area (Å²) in [5.41, 5.74) is 0. The van der Waals surface area contributed by atoms with Crippen LogP contribution < -0.4 is 5.32 Å². The van der Waals surface area contributed by atoms with Crippen molar-refractivity contribution in [3.8, 4) is 0 Å². The lowest BCUT2D eigenvalue weighted by Gasteiger charge is -2.37. The topological polar surface area (TPSA) is 108 Å². The normalized spacial score (nSPS) is 16.2. The number of hydrogen-bond acceptors (Lipinski definition) is 9. The fourth-order valence-corrected chi connectivity index (χ4v) is 2.13. The molecule has 0 amide bonds. The molecule has 0 bridgehead atoms. The Morgan fingerprint density at radius 1 is 0.321 bits per heavy atom. The highest BCUT2D eigenvalue weighted by molar-refractivity contribution is 4.82. The van der Waals surface area contributed by atoms with E-state index in [-0.39, 0.29) is 0 Å². The van der Waals surface area contributed by atoms with Gasteiger partial charge in [-0.05, 0) is 0 Å². The van der Waals surface area contributed by atoms with Crippen molar-refractivity contribution in [1.82, 2.24) is 5.32 Å². The SMILES string of the molecule is OCC(CO)NCC(F)(F)OC(F)(F)C(F)(F)OC(F)(F)C(F)(F)OC(F)(F)C(F)(F)OC(F)(F)C(F)(F)OC(F)(F)C(F)(F)OC(F)(F)C(F)(F)F. The smallest absolute Gasteiger partial charge is 0.395 e. The number of nitrogens with one attached hydrogen (secondary N) is 1. The van der Waals surface area contributed by atoms with Gasteiger partial charge in [-0.3, -0.25) is 0 Å². The first-order valence-electron chi connectivity index (χ1n) is 11.5. The first-order chi connectivity index (χ1) is 22.7. The van der Waals surface area contributed by atoms with Gasteiger partial charge in [-0.25, -0.2) is 28.4 Å². The van der Waals surface area contributed by atoms with Crippen molar-refractivity contribution in [2.75, 3.05) is 19.8 Å². The number of hydrogen-bond donors (Lipinski definition) is 3.